The Hall–Kier alpha value is -1.35. The molecule has 2 bridgehead atoms. The predicted octanol–water partition coefficient (Wildman–Crippen LogP) is 2.47. The van der Waals surface area contributed by atoms with E-state index >= 15 is 0 Å². The van der Waals surface area contributed by atoms with Gasteiger partial charge in [-0.2, -0.15) is 0 Å². The van der Waals surface area contributed by atoms with Crippen LogP contribution in [-0.2, 0) is 6.42 Å². The molecule has 1 aromatic heterocycles. The summed E-state index contributed by atoms with van der Waals surface area (Å²) in [6, 6.07) is 3.33. The van der Waals surface area contributed by atoms with Crippen LogP contribution in [0.1, 0.15) is 32.3 Å². The highest BCUT2D eigenvalue weighted by Gasteiger charge is 2.31. The van der Waals surface area contributed by atoms with E-state index in [1.165, 1.54) is 24.0 Å². The monoisotopic (exact) mass is 244 g/mol. The van der Waals surface area contributed by atoms with Crippen LogP contribution in [0.5, 0.6) is 5.75 Å². The molecule has 1 saturated heterocycles. The van der Waals surface area contributed by atoms with Gasteiger partial charge in [0.05, 0.1) is 12.3 Å². The van der Waals surface area contributed by atoms with E-state index in [0.717, 1.165) is 12.2 Å². The fraction of sp³-hybridized carbons (Fsp3) is 0.533. The normalized spacial score (nSPS) is 25.6. The van der Waals surface area contributed by atoms with E-state index in [9.17, 15) is 0 Å². The molecule has 3 heteroatoms. The van der Waals surface area contributed by atoms with Gasteiger partial charge < -0.3 is 10.1 Å². The Balaban J connectivity index is 1.71. The van der Waals surface area contributed by atoms with E-state index in [2.05, 4.69) is 22.4 Å². The molecule has 0 aliphatic carbocycles. The average Bonchev–Trinajstić information content (AvgIpc) is 2.90. The van der Waals surface area contributed by atoms with Gasteiger partial charge in [0.1, 0.15) is 5.75 Å². The third-order valence-electron chi connectivity index (χ3n) is 3.59. The Morgan fingerprint density at radius 1 is 1.39 bits per heavy atom. The fourth-order valence-corrected chi connectivity index (χ4v) is 2.88. The lowest BCUT2D eigenvalue weighted by Crippen LogP contribution is -2.22. The van der Waals surface area contributed by atoms with Gasteiger partial charge in [-0.15, -0.1) is 0 Å². The first-order chi connectivity index (χ1) is 8.70. The van der Waals surface area contributed by atoms with Crippen LogP contribution in [0.3, 0.4) is 0 Å². The molecule has 2 aliphatic rings. The summed E-state index contributed by atoms with van der Waals surface area (Å²) in [5.41, 5.74) is 2.77. The van der Waals surface area contributed by atoms with Crippen molar-refractivity contribution in [1.82, 2.24) is 10.3 Å². The van der Waals surface area contributed by atoms with Gasteiger partial charge >= 0.3 is 0 Å². The van der Waals surface area contributed by atoms with Crippen molar-refractivity contribution >= 4 is 0 Å². The Bertz CT molecular complexity index is 467. The van der Waals surface area contributed by atoms with Crippen LogP contribution < -0.4 is 10.1 Å². The van der Waals surface area contributed by atoms with Crippen molar-refractivity contribution in [2.24, 2.45) is 0 Å². The van der Waals surface area contributed by atoms with Crippen molar-refractivity contribution in [3.05, 3.63) is 35.7 Å². The van der Waals surface area contributed by atoms with E-state index in [4.69, 9.17) is 4.74 Å². The second kappa shape index (κ2) is 4.73. The van der Waals surface area contributed by atoms with Crippen LogP contribution in [0.25, 0.3) is 0 Å². The molecule has 0 radical (unpaired) electrons. The largest absolute Gasteiger partial charge is 0.489 e. The SMILES string of the molecule is CC(C)Oc1cncc(CC2=CC3CCC2N3)c1. The minimum atomic E-state index is 0.199. The molecule has 3 nitrogen and oxygen atoms in total. The summed E-state index contributed by atoms with van der Waals surface area (Å²) in [4.78, 5) is 4.27. The lowest BCUT2D eigenvalue weighted by atomic mass is 9.94. The van der Waals surface area contributed by atoms with Gasteiger partial charge in [0.2, 0.25) is 0 Å². The molecule has 0 spiro atoms. The van der Waals surface area contributed by atoms with E-state index in [0.29, 0.717) is 12.1 Å². The van der Waals surface area contributed by atoms with E-state index in [1.807, 2.05) is 20.0 Å². The van der Waals surface area contributed by atoms with Gasteiger partial charge in [-0.3, -0.25) is 4.98 Å². The summed E-state index contributed by atoms with van der Waals surface area (Å²) in [6.45, 7) is 4.07. The zero-order chi connectivity index (χ0) is 12.5. The maximum atomic E-state index is 5.68. The first-order valence-corrected chi connectivity index (χ1v) is 6.78. The lowest BCUT2D eigenvalue weighted by molar-refractivity contribution is 0.241. The number of hydrogen-bond acceptors (Lipinski definition) is 3. The Morgan fingerprint density at radius 2 is 2.28 bits per heavy atom. The standard InChI is InChI=1S/C15H20N2O/c1-10(2)18-14-6-11(8-16-9-14)5-12-7-13-3-4-15(12)17-13/h6-10,13,15,17H,3-5H2,1-2H3. The van der Waals surface area contributed by atoms with Crippen LogP contribution in [0.2, 0.25) is 0 Å². The lowest BCUT2D eigenvalue weighted by Gasteiger charge is -2.14. The van der Waals surface area contributed by atoms with Gasteiger partial charge in [-0.1, -0.05) is 11.6 Å². The Labute approximate surface area is 108 Å². The first-order valence-electron chi connectivity index (χ1n) is 6.78. The molecule has 0 amide bonds. The highest BCUT2D eigenvalue weighted by molar-refractivity contribution is 5.33. The summed E-state index contributed by atoms with van der Waals surface area (Å²) in [5.74, 6) is 0.874. The first kappa shape index (κ1) is 11.7. The van der Waals surface area contributed by atoms with Crippen LogP contribution in [0, 0.1) is 0 Å². The van der Waals surface area contributed by atoms with E-state index in [1.54, 1.807) is 6.20 Å². The summed E-state index contributed by atoms with van der Waals surface area (Å²) in [7, 11) is 0. The van der Waals surface area contributed by atoms with Gasteiger partial charge in [0.15, 0.2) is 0 Å². The molecule has 1 N–H and O–H groups in total. The summed E-state index contributed by atoms with van der Waals surface area (Å²) < 4.78 is 5.68. The molecule has 96 valence electrons. The van der Waals surface area contributed by atoms with Crippen LogP contribution >= 0.6 is 0 Å². The summed E-state index contributed by atoms with van der Waals surface area (Å²) in [5, 5.41) is 3.60. The second-order valence-corrected chi connectivity index (χ2v) is 5.52. The van der Waals surface area contributed by atoms with Crippen LogP contribution in [-0.4, -0.2) is 23.2 Å². The predicted molar refractivity (Wildman–Crippen MR) is 71.7 cm³/mol. The Morgan fingerprint density at radius 3 is 2.94 bits per heavy atom. The summed E-state index contributed by atoms with van der Waals surface area (Å²) in [6.07, 6.45) is 9.90. The highest BCUT2D eigenvalue weighted by Crippen LogP contribution is 2.30. The molecule has 0 saturated carbocycles. The number of hydrogen-bond donors (Lipinski definition) is 1. The van der Waals surface area contributed by atoms with Crippen LogP contribution in [0.15, 0.2) is 30.1 Å². The van der Waals surface area contributed by atoms with Crippen molar-refractivity contribution < 1.29 is 4.74 Å². The topological polar surface area (TPSA) is 34.1 Å². The van der Waals surface area contributed by atoms with Gasteiger partial charge in [-0.25, -0.2) is 0 Å². The van der Waals surface area contributed by atoms with Crippen molar-refractivity contribution in [3.8, 4) is 5.75 Å². The molecule has 3 rings (SSSR count). The molecule has 0 aromatic carbocycles. The van der Waals surface area contributed by atoms with Crippen molar-refractivity contribution in [3.63, 3.8) is 0 Å². The highest BCUT2D eigenvalue weighted by atomic mass is 16.5. The third kappa shape index (κ3) is 2.41. The van der Waals surface area contributed by atoms with Crippen molar-refractivity contribution in [2.75, 3.05) is 0 Å². The third-order valence-corrected chi connectivity index (χ3v) is 3.59. The maximum Gasteiger partial charge on any atom is 0.138 e. The van der Waals surface area contributed by atoms with Crippen LogP contribution in [0.4, 0.5) is 0 Å². The number of nitrogens with one attached hydrogen (secondary N) is 1. The zero-order valence-corrected chi connectivity index (χ0v) is 11.0. The fourth-order valence-electron chi connectivity index (χ4n) is 2.88. The number of pyridine rings is 1. The molecule has 1 fully saturated rings. The minimum Gasteiger partial charge on any atom is -0.489 e. The number of fused-ring (bicyclic) bond motifs is 2. The quantitative estimate of drug-likeness (QED) is 0.826. The zero-order valence-electron chi connectivity index (χ0n) is 11.0. The van der Waals surface area contributed by atoms with E-state index in [-0.39, 0.29) is 6.10 Å². The molecular weight excluding hydrogens is 224 g/mol. The smallest absolute Gasteiger partial charge is 0.138 e. The van der Waals surface area contributed by atoms with Gasteiger partial charge in [-0.05, 0) is 44.7 Å². The Kier molecular flexibility index (Phi) is 3.08. The average molecular weight is 244 g/mol. The minimum absolute atomic E-state index is 0.199. The molecule has 2 unspecified atom stereocenters. The molecule has 1 aromatic rings. The van der Waals surface area contributed by atoms with Gasteiger partial charge in [0, 0.05) is 18.3 Å². The van der Waals surface area contributed by atoms with Crippen molar-refractivity contribution in [1.29, 1.82) is 0 Å². The molecule has 2 aliphatic heterocycles. The van der Waals surface area contributed by atoms with Gasteiger partial charge in [0.25, 0.3) is 0 Å². The van der Waals surface area contributed by atoms with Crippen molar-refractivity contribution in [2.45, 2.75) is 51.3 Å². The van der Waals surface area contributed by atoms with E-state index < -0.39 is 0 Å². The molecule has 18 heavy (non-hydrogen) atoms. The maximum absolute atomic E-state index is 5.68. The number of nitrogens with zero attached hydrogens (tertiary/aromatic N) is 1. The molecule has 2 atom stereocenters. The summed E-state index contributed by atoms with van der Waals surface area (Å²) >= 11 is 0. The molecular formula is C15H20N2O. The number of aromatic nitrogens is 1. The number of ether oxygens (including phenoxy) is 1. The number of rotatable bonds is 4. The second-order valence-electron chi connectivity index (χ2n) is 5.52. The molecule has 3 heterocycles.